The third-order valence-electron chi connectivity index (χ3n) is 3.81. The SMILES string of the molecule is CC1(C)NC(=O)N(c2cc(Oc3ccc4c(c3)OC(F)(F)O4)ncn2)C1=O. The number of benzene rings is 1. The van der Waals surface area contributed by atoms with Gasteiger partial charge in [0.2, 0.25) is 5.88 Å². The molecule has 2 aromatic rings. The van der Waals surface area contributed by atoms with Gasteiger partial charge in [0, 0.05) is 12.1 Å². The first-order chi connectivity index (χ1) is 12.6. The summed E-state index contributed by atoms with van der Waals surface area (Å²) >= 11 is 0. The van der Waals surface area contributed by atoms with E-state index in [4.69, 9.17) is 4.74 Å². The van der Waals surface area contributed by atoms with Crippen LogP contribution in [0.5, 0.6) is 23.1 Å². The van der Waals surface area contributed by atoms with Gasteiger partial charge in [-0.25, -0.2) is 19.7 Å². The van der Waals surface area contributed by atoms with Crippen molar-refractivity contribution in [2.45, 2.75) is 25.7 Å². The van der Waals surface area contributed by atoms with Crippen molar-refractivity contribution < 1.29 is 32.6 Å². The number of aromatic nitrogens is 2. The molecule has 3 heterocycles. The lowest BCUT2D eigenvalue weighted by Gasteiger charge is -2.15. The number of hydrogen-bond acceptors (Lipinski definition) is 7. The highest BCUT2D eigenvalue weighted by Gasteiger charge is 2.46. The van der Waals surface area contributed by atoms with Crippen LogP contribution < -0.4 is 24.4 Å². The minimum Gasteiger partial charge on any atom is -0.439 e. The fourth-order valence-corrected chi connectivity index (χ4v) is 2.58. The highest BCUT2D eigenvalue weighted by atomic mass is 19.3. The number of nitrogens with zero attached hydrogens (tertiary/aromatic N) is 3. The van der Waals surface area contributed by atoms with Gasteiger partial charge in [0.15, 0.2) is 17.3 Å². The Labute approximate surface area is 150 Å². The molecule has 0 spiro atoms. The van der Waals surface area contributed by atoms with Crippen molar-refractivity contribution in [2.75, 3.05) is 4.90 Å². The summed E-state index contributed by atoms with van der Waals surface area (Å²) in [5.74, 6) is -0.657. The van der Waals surface area contributed by atoms with E-state index in [-0.39, 0.29) is 28.9 Å². The van der Waals surface area contributed by atoms with E-state index in [0.29, 0.717) is 0 Å². The highest BCUT2D eigenvalue weighted by Crippen LogP contribution is 2.43. The zero-order chi connectivity index (χ0) is 19.4. The standard InChI is InChI=1S/C16H12F2N4O5/c1-15(2)13(23)22(14(24)21-15)11-6-12(20-7-19-11)25-8-3-4-9-10(5-8)27-16(17,18)26-9/h3-7H,1-2H3,(H,21,24). The Morgan fingerprint density at radius 1 is 1.11 bits per heavy atom. The Hall–Kier alpha value is -3.50. The maximum Gasteiger partial charge on any atom is 0.586 e. The Kier molecular flexibility index (Phi) is 3.45. The van der Waals surface area contributed by atoms with Gasteiger partial charge in [-0.2, -0.15) is 0 Å². The van der Waals surface area contributed by atoms with Gasteiger partial charge in [0.25, 0.3) is 5.91 Å². The Balaban J connectivity index is 1.58. The first kappa shape index (κ1) is 16.9. The average molecular weight is 378 g/mol. The van der Waals surface area contributed by atoms with Crippen LogP contribution in [0.3, 0.4) is 0 Å². The number of carbonyl (C=O) groups excluding carboxylic acids is 2. The minimum absolute atomic E-state index is 0.00377. The van der Waals surface area contributed by atoms with Crippen molar-refractivity contribution in [1.29, 1.82) is 0 Å². The van der Waals surface area contributed by atoms with Crippen molar-refractivity contribution in [2.24, 2.45) is 0 Å². The average Bonchev–Trinajstić information content (AvgIpc) is 2.98. The smallest absolute Gasteiger partial charge is 0.439 e. The summed E-state index contributed by atoms with van der Waals surface area (Å²) in [4.78, 5) is 33.1. The van der Waals surface area contributed by atoms with Gasteiger partial charge in [0.05, 0.1) is 0 Å². The summed E-state index contributed by atoms with van der Waals surface area (Å²) in [5.41, 5.74) is -1.06. The Bertz CT molecular complexity index is 966. The molecule has 1 aromatic carbocycles. The number of imide groups is 1. The van der Waals surface area contributed by atoms with Gasteiger partial charge in [-0.15, -0.1) is 8.78 Å². The number of rotatable bonds is 3. The van der Waals surface area contributed by atoms with Crippen LogP contribution in [0.15, 0.2) is 30.6 Å². The third-order valence-corrected chi connectivity index (χ3v) is 3.81. The molecule has 0 aliphatic carbocycles. The van der Waals surface area contributed by atoms with Gasteiger partial charge < -0.3 is 19.5 Å². The lowest BCUT2D eigenvalue weighted by Crippen LogP contribution is -2.40. The fraction of sp³-hybridized carbons (Fsp3) is 0.250. The summed E-state index contributed by atoms with van der Waals surface area (Å²) in [7, 11) is 0. The molecule has 4 rings (SSSR count). The van der Waals surface area contributed by atoms with E-state index in [9.17, 15) is 18.4 Å². The zero-order valence-corrected chi connectivity index (χ0v) is 14.0. The topological polar surface area (TPSA) is 103 Å². The molecule has 11 heteroatoms. The summed E-state index contributed by atoms with van der Waals surface area (Å²) in [6.07, 6.45) is -2.63. The maximum atomic E-state index is 13.1. The molecule has 0 radical (unpaired) electrons. The summed E-state index contributed by atoms with van der Waals surface area (Å²) in [6.45, 7) is 3.13. The van der Waals surface area contributed by atoms with Crippen LogP contribution >= 0.6 is 0 Å². The number of hydrogen-bond donors (Lipinski definition) is 1. The van der Waals surface area contributed by atoms with Crippen molar-refractivity contribution >= 4 is 17.8 Å². The van der Waals surface area contributed by atoms with E-state index < -0.39 is 23.8 Å². The van der Waals surface area contributed by atoms with E-state index in [1.165, 1.54) is 24.3 Å². The van der Waals surface area contributed by atoms with Crippen LogP contribution in [-0.4, -0.2) is 33.7 Å². The lowest BCUT2D eigenvalue weighted by molar-refractivity contribution is -0.286. The molecule has 9 nitrogen and oxygen atoms in total. The maximum absolute atomic E-state index is 13.1. The van der Waals surface area contributed by atoms with E-state index in [2.05, 4.69) is 24.8 Å². The number of nitrogens with one attached hydrogen (secondary N) is 1. The van der Waals surface area contributed by atoms with Gasteiger partial charge >= 0.3 is 12.3 Å². The molecular formula is C16H12F2N4O5. The molecule has 3 amide bonds. The normalized spacial score (nSPS) is 19.2. The number of halogens is 2. The van der Waals surface area contributed by atoms with Crippen molar-refractivity contribution in [3.8, 4) is 23.1 Å². The number of anilines is 1. The van der Waals surface area contributed by atoms with Crippen molar-refractivity contribution in [1.82, 2.24) is 15.3 Å². The predicted octanol–water partition coefficient (Wildman–Crippen LogP) is 2.43. The molecule has 1 saturated heterocycles. The zero-order valence-electron chi connectivity index (χ0n) is 14.0. The molecule has 140 valence electrons. The second-order valence-electron chi connectivity index (χ2n) is 6.29. The van der Waals surface area contributed by atoms with Crippen LogP contribution in [0, 0.1) is 0 Å². The lowest BCUT2D eigenvalue weighted by atomic mass is 10.1. The molecule has 2 aliphatic heterocycles. The molecular weight excluding hydrogens is 366 g/mol. The second kappa shape index (κ2) is 5.50. The number of amides is 3. The van der Waals surface area contributed by atoms with E-state index in [1.807, 2.05) is 0 Å². The monoisotopic (exact) mass is 378 g/mol. The molecule has 0 atom stereocenters. The highest BCUT2D eigenvalue weighted by molar-refractivity contribution is 6.22. The van der Waals surface area contributed by atoms with Crippen molar-refractivity contribution in [3.05, 3.63) is 30.6 Å². The largest absolute Gasteiger partial charge is 0.586 e. The van der Waals surface area contributed by atoms with E-state index in [0.717, 1.165) is 11.2 Å². The number of fused-ring (bicyclic) bond motifs is 1. The van der Waals surface area contributed by atoms with Crippen LogP contribution in [0.1, 0.15) is 13.8 Å². The molecule has 27 heavy (non-hydrogen) atoms. The summed E-state index contributed by atoms with van der Waals surface area (Å²) in [5, 5.41) is 2.53. The number of ether oxygens (including phenoxy) is 3. The minimum atomic E-state index is -3.74. The molecule has 0 saturated carbocycles. The third kappa shape index (κ3) is 2.96. The number of urea groups is 1. The van der Waals surface area contributed by atoms with Gasteiger partial charge in [-0.1, -0.05) is 0 Å². The molecule has 0 bridgehead atoms. The molecule has 1 N–H and O–H groups in total. The van der Waals surface area contributed by atoms with E-state index >= 15 is 0 Å². The number of carbonyl (C=O) groups is 2. The predicted molar refractivity (Wildman–Crippen MR) is 84.8 cm³/mol. The quantitative estimate of drug-likeness (QED) is 0.818. The number of alkyl halides is 2. The Morgan fingerprint density at radius 2 is 1.85 bits per heavy atom. The molecule has 1 aromatic heterocycles. The molecule has 2 aliphatic rings. The van der Waals surface area contributed by atoms with E-state index in [1.54, 1.807) is 13.8 Å². The van der Waals surface area contributed by atoms with Crippen LogP contribution in [-0.2, 0) is 4.79 Å². The summed E-state index contributed by atoms with van der Waals surface area (Å²) < 4.78 is 40.3. The second-order valence-corrected chi connectivity index (χ2v) is 6.29. The Morgan fingerprint density at radius 3 is 2.56 bits per heavy atom. The van der Waals surface area contributed by atoms with Crippen LogP contribution in [0.4, 0.5) is 19.4 Å². The van der Waals surface area contributed by atoms with Gasteiger partial charge in [-0.3, -0.25) is 4.79 Å². The van der Waals surface area contributed by atoms with Crippen molar-refractivity contribution in [3.63, 3.8) is 0 Å². The molecule has 1 fully saturated rings. The van der Waals surface area contributed by atoms with Gasteiger partial charge in [0.1, 0.15) is 17.6 Å². The first-order valence-electron chi connectivity index (χ1n) is 7.71. The van der Waals surface area contributed by atoms with Gasteiger partial charge in [-0.05, 0) is 26.0 Å². The molecule has 0 unspecified atom stereocenters. The summed E-state index contributed by atoms with van der Waals surface area (Å²) in [6, 6.07) is 4.49. The van der Waals surface area contributed by atoms with Crippen LogP contribution in [0.2, 0.25) is 0 Å². The first-order valence-corrected chi connectivity index (χ1v) is 7.71. The fourth-order valence-electron chi connectivity index (χ4n) is 2.58. The van der Waals surface area contributed by atoms with Crippen LogP contribution in [0.25, 0.3) is 0 Å².